The molecule has 0 amide bonds. The molecule has 0 atom stereocenters. The summed E-state index contributed by atoms with van der Waals surface area (Å²) in [4.78, 5) is 19.1. The van der Waals surface area contributed by atoms with E-state index in [9.17, 15) is 10.1 Å². The number of rotatable bonds is 6. The van der Waals surface area contributed by atoms with E-state index in [4.69, 9.17) is 0 Å². The molecule has 0 aliphatic carbocycles. The Morgan fingerprint density at radius 3 is 2.91 bits per heavy atom. The van der Waals surface area contributed by atoms with Crippen LogP contribution in [0.15, 0.2) is 30.6 Å². The molecular formula is C14H15N7O2. The Balaban J connectivity index is 2.11. The zero-order chi connectivity index (χ0) is 16.2. The lowest BCUT2D eigenvalue weighted by Gasteiger charge is -2.08. The van der Waals surface area contributed by atoms with Crippen molar-refractivity contribution in [1.29, 1.82) is 0 Å². The van der Waals surface area contributed by atoms with Crippen molar-refractivity contribution in [1.82, 2.24) is 25.0 Å². The van der Waals surface area contributed by atoms with Crippen molar-refractivity contribution in [2.75, 3.05) is 11.9 Å². The zero-order valence-electron chi connectivity index (χ0n) is 12.5. The van der Waals surface area contributed by atoms with E-state index in [1.807, 2.05) is 19.1 Å². The molecule has 1 N–H and O–H groups in total. The molecule has 0 saturated carbocycles. The maximum Gasteiger partial charge on any atom is 0.355 e. The summed E-state index contributed by atoms with van der Waals surface area (Å²) in [6.07, 6.45) is 3.16. The van der Waals surface area contributed by atoms with Gasteiger partial charge in [-0.05, 0) is 18.6 Å². The van der Waals surface area contributed by atoms with Gasteiger partial charge >= 0.3 is 5.69 Å². The van der Waals surface area contributed by atoms with Crippen LogP contribution in [0.25, 0.3) is 16.9 Å². The van der Waals surface area contributed by atoms with Gasteiger partial charge in [0.1, 0.15) is 11.8 Å². The quantitative estimate of drug-likeness (QED) is 0.422. The number of fused-ring (bicyclic) bond motifs is 1. The number of hydrogen-bond donors (Lipinski definition) is 1. The van der Waals surface area contributed by atoms with Crippen LogP contribution in [0.3, 0.4) is 0 Å². The molecule has 3 aromatic rings. The Hall–Kier alpha value is -3.10. The van der Waals surface area contributed by atoms with Crippen LogP contribution in [-0.2, 0) is 0 Å². The number of nitrogens with zero attached hydrogens (tertiary/aromatic N) is 6. The summed E-state index contributed by atoms with van der Waals surface area (Å²) >= 11 is 0. The summed E-state index contributed by atoms with van der Waals surface area (Å²) in [5, 5.41) is 22.5. The molecule has 2 aromatic heterocycles. The molecule has 118 valence electrons. The minimum Gasteiger partial charge on any atom is -0.364 e. The van der Waals surface area contributed by atoms with E-state index in [0.29, 0.717) is 17.6 Å². The van der Waals surface area contributed by atoms with Gasteiger partial charge in [-0.1, -0.05) is 30.7 Å². The van der Waals surface area contributed by atoms with Gasteiger partial charge in [-0.15, -0.1) is 5.10 Å². The number of unbranched alkanes of at least 4 members (excludes halogenated alkanes) is 1. The van der Waals surface area contributed by atoms with Crippen LogP contribution >= 0.6 is 0 Å². The van der Waals surface area contributed by atoms with E-state index < -0.39 is 4.92 Å². The van der Waals surface area contributed by atoms with Crippen LogP contribution in [-0.4, -0.2) is 36.4 Å². The summed E-state index contributed by atoms with van der Waals surface area (Å²) in [6.45, 7) is 2.65. The first kappa shape index (κ1) is 14.8. The molecular weight excluding hydrogens is 298 g/mol. The van der Waals surface area contributed by atoms with Crippen molar-refractivity contribution in [3.05, 3.63) is 40.7 Å². The van der Waals surface area contributed by atoms with Crippen molar-refractivity contribution in [3.8, 4) is 5.82 Å². The Labute approximate surface area is 131 Å². The summed E-state index contributed by atoms with van der Waals surface area (Å²) in [5.41, 5.74) is 1.08. The van der Waals surface area contributed by atoms with Gasteiger partial charge in [0, 0.05) is 6.54 Å². The fraction of sp³-hybridized carbons (Fsp3) is 0.286. The van der Waals surface area contributed by atoms with Gasteiger partial charge < -0.3 is 5.32 Å². The van der Waals surface area contributed by atoms with Gasteiger partial charge in [0.25, 0.3) is 0 Å². The summed E-state index contributed by atoms with van der Waals surface area (Å²) in [6, 6.07) is 7.21. The predicted molar refractivity (Wildman–Crippen MR) is 84.5 cm³/mol. The topological polar surface area (TPSA) is 112 Å². The molecule has 0 aliphatic rings. The molecule has 0 aliphatic heterocycles. The van der Waals surface area contributed by atoms with Gasteiger partial charge in [0.15, 0.2) is 0 Å². The average molecular weight is 313 g/mol. The predicted octanol–water partition coefficient (Wildman–Crippen LogP) is 2.33. The van der Waals surface area contributed by atoms with E-state index in [-0.39, 0.29) is 17.3 Å². The second-order valence-electron chi connectivity index (χ2n) is 4.92. The molecule has 0 saturated heterocycles. The second kappa shape index (κ2) is 6.34. The third kappa shape index (κ3) is 2.80. The normalized spacial score (nSPS) is 10.8. The van der Waals surface area contributed by atoms with Crippen LogP contribution in [0.5, 0.6) is 0 Å². The minimum atomic E-state index is -0.500. The largest absolute Gasteiger partial charge is 0.364 e. The SMILES string of the molecule is CCCCNc1ncnc(-n2nnc3ccccc32)c1[N+](=O)[O-]. The molecule has 23 heavy (non-hydrogen) atoms. The summed E-state index contributed by atoms with van der Waals surface area (Å²) in [5.74, 6) is 0.283. The smallest absolute Gasteiger partial charge is 0.355 e. The number of nitrogens with one attached hydrogen (secondary N) is 1. The number of nitro groups is 1. The number of benzene rings is 1. The minimum absolute atomic E-state index is 0.0951. The molecule has 2 heterocycles. The molecule has 0 unspecified atom stereocenters. The van der Waals surface area contributed by atoms with Crippen LogP contribution in [0.2, 0.25) is 0 Å². The third-order valence-electron chi connectivity index (χ3n) is 3.36. The molecule has 0 bridgehead atoms. The number of hydrogen-bond acceptors (Lipinski definition) is 7. The lowest BCUT2D eigenvalue weighted by Crippen LogP contribution is -2.11. The van der Waals surface area contributed by atoms with Gasteiger partial charge in [0.2, 0.25) is 11.6 Å². The maximum absolute atomic E-state index is 11.5. The Kier molecular flexibility index (Phi) is 4.09. The first-order valence-corrected chi connectivity index (χ1v) is 7.26. The van der Waals surface area contributed by atoms with E-state index in [0.717, 1.165) is 12.8 Å². The van der Waals surface area contributed by atoms with Crippen molar-refractivity contribution in [2.24, 2.45) is 0 Å². The highest BCUT2D eigenvalue weighted by Gasteiger charge is 2.25. The van der Waals surface area contributed by atoms with Crippen molar-refractivity contribution < 1.29 is 4.92 Å². The third-order valence-corrected chi connectivity index (χ3v) is 3.36. The highest BCUT2D eigenvalue weighted by molar-refractivity contribution is 5.77. The Bertz CT molecular complexity index is 846. The number of aromatic nitrogens is 5. The van der Waals surface area contributed by atoms with Gasteiger partial charge in [0.05, 0.1) is 10.4 Å². The fourth-order valence-corrected chi connectivity index (χ4v) is 2.23. The lowest BCUT2D eigenvalue weighted by atomic mass is 10.3. The van der Waals surface area contributed by atoms with Crippen LogP contribution in [0.4, 0.5) is 11.5 Å². The maximum atomic E-state index is 11.5. The number of anilines is 1. The van der Waals surface area contributed by atoms with Gasteiger partial charge in [-0.25, -0.2) is 9.97 Å². The molecule has 3 rings (SSSR count). The molecule has 9 nitrogen and oxygen atoms in total. The lowest BCUT2D eigenvalue weighted by molar-refractivity contribution is -0.384. The number of para-hydroxylation sites is 1. The highest BCUT2D eigenvalue weighted by Crippen LogP contribution is 2.29. The van der Waals surface area contributed by atoms with Gasteiger partial charge in [-0.3, -0.25) is 10.1 Å². The van der Waals surface area contributed by atoms with Crippen molar-refractivity contribution in [3.63, 3.8) is 0 Å². The monoisotopic (exact) mass is 313 g/mol. The van der Waals surface area contributed by atoms with Crippen LogP contribution in [0.1, 0.15) is 19.8 Å². The Morgan fingerprint density at radius 1 is 1.30 bits per heavy atom. The van der Waals surface area contributed by atoms with Crippen molar-refractivity contribution >= 4 is 22.5 Å². The molecule has 0 radical (unpaired) electrons. The second-order valence-corrected chi connectivity index (χ2v) is 4.92. The van der Waals surface area contributed by atoms with E-state index >= 15 is 0 Å². The van der Waals surface area contributed by atoms with Crippen LogP contribution in [0, 0.1) is 10.1 Å². The zero-order valence-corrected chi connectivity index (χ0v) is 12.5. The van der Waals surface area contributed by atoms with Gasteiger partial charge in [-0.2, -0.15) is 4.68 Å². The van der Waals surface area contributed by atoms with Crippen LogP contribution < -0.4 is 5.32 Å². The van der Waals surface area contributed by atoms with E-state index in [2.05, 4.69) is 25.6 Å². The molecule has 1 aromatic carbocycles. The first-order chi connectivity index (χ1) is 11.2. The van der Waals surface area contributed by atoms with Crippen molar-refractivity contribution in [2.45, 2.75) is 19.8 Å². The van der Waals surface area contributed by atoms with E-state index in [1.54, 1.807) is 12.1 Å². The average Bonchev–Trinajstić information content (AvgIpc) is 2.98. The highest BCUT2D eigenvalue weighted by atomic mass is 16.6. The van der Waals surface area contributed by atoms with E-state index in [1.165, 1.54) is 11.0 Å². The molecule has 0 spiro atoms. The summed E-state index contributed by atoms with van der Waals surface area (Å²) < 4.78 is 1.36. The molecule has 0 fully saturated rings. The first-order valence-electron chi connectivity index (χ1n) is 7.26. The fourth-order valence-electron chi connectivity index (χ4n) is 2.23. The summed E-state index contributed by atoms with van der Waals surface area (Å²) in [7, 11) is 0. The Morgan fingerprint density at radius 2 is 2.13 bits per heavy atom. The molecule has 9 heteroatoms. The standard InChI is InChI=1S/C14H15N7O2/c1-2-3-8-15-13-12(21(22)23)14(17-9-16-13)20-11-7-5-4-6-10(11)18-19-20/h4-7,9H,2-3,8H2,1H3,(H,15,16,17).